The Hall–Kier alpha value is -2.34. The molecule has 1 aromatic heterocycles. The molecular weight excluding hydrogens is 314 g/mol. The molecule has 0 spiro atoms. The van der Waals surface area contributed by atoms with Crippen molar-refractivity contribution >= 4 is 11.7 Å². The van der Waals surface area contributed by atoms with Gasteiger partial charge in [0.25, 0.3) is 0 Å². The summed E-state index contributed by atoms with van der Waals surface area (Å²) in [6.45, 7) is 4.41. The number of rotatable bonds is 2. The molecule has 132 valence electrons. The summed E-state index contributed by atoms with van der Waals surface area (Å²) >= 11 is 0. The van der Waals surface area contributed by atoms with Crippen molar-refractivity contribution in [1.82, 2.24) is 19.4 Å². The Bertz CT molecular complexity index is 737. The Balaban J connectivity index is 1.55. The predicted molar refractivity (Wildman–Crippen MR) is 98.7 cm³/mol. The highest BCUT2D eigenvalue weighted by Crippen LogP contribution is 2.29. The lowest BCUT2D eigenvalue weighted by Gasteiger charge is -2.32. The molecule has 0 bridgehead atoms. The largest absolute Gasteiger partial charge is 0.334 e. The fourth-order valence-corrected chi connectivity index (χ4v) is 3.56. The van der Waals surface area contributed by atoms with Crippen molar-refractivity contribution in [2.45, 2.75) is 25.8 Å². The van der Waals surface area contributed by atoms with Crippen molar-refractivity contribution in [3.8, 4) is 11.3 Å². The van der Waals surface area contributed by atoms with Gasteiger partial charge >= 0.3 is 6.03 Å². The van der Waals surface area contributed by atoms with Gasteiger partial charge < -0.3 is 19.7 Å². The van der Waals surface area contributed by atoms with Crippen LogP contribution < -0.4 is 5.32 Å². The minimum Gasteiger partial charge on any atom is -0.334 e. The van der Waals surface area contributed by atoms with Crippen LogP contribution >= 0.6 is 0 Å². The fourth-order valence-electron chi connectivity index (χ4n) is 3.56. The Morgan fingerprint density at radius 3 is 2.68 bits per heavy atom. The number of amides is 2. The number of hydrogen-bond acceptors (Lipinski definition) is 3. The van der Waals surface area contributed by atoms with Gasteiger partial charge in [0.2, 0.25) is 0 Å². The van der Waals surface area contributed by atoms with Gasteiger partial charge in [-0.2, -0.15) is 0 Å². The van der Waals surface area contributed by atoms with Gasteiger partial charge in [-0.05, 0) is 26.0 Å². The highest BCUT2D eigenvalue weighted by molar-refractivity contribution is 5.94. The molecule has 2 amide bonds. The van der Waals surface area contributed by atoms with E-state index in [1.807, 2.05) is 29.2 Å². The van der Waals surface area contributed by atoms with Crippen LogP contribution in [0.3, 0.4) is 0 Å². The number of carbonyl (C=O) groups is 1. The predicted octanol–water partition coefficient (Wildman–Crippen LogP) is 2.67. The molecule has 0 radical (unpaired) electrons. The van der Waals surface area contributed by atoms with Crippen molar-refractivity contribution in [2.24, 2.45) is 0 Å². The average molecular weight is 339 g/mol. The van der Waals surface area contributed by atoms with Crippen molar-refractivity contribution in [3.05, 3.63) is 36.3 Å². The van der Waals surface area contributed by atoms with Crippen LogP contribution in [0.25, 0.3) is 11.3 Å². The van der Waals surface area contributed by atoms with Crippen LogP contribution in [0.4, 0.5) is 10.5 Å². The summed E-state index contributed by atoms with van der Waals surface area (Å²) in [5.74, 6) is 1.15. The molecule has 2 aliphatic rings. The number of fused-ring (bicyclic) bond motifs is 1. The van der Waals surface area contributed by atoms with Gasteiger partial charge in [0.1, 0.15) is 5.82 Å². The number of carbonyl (C=O) groups excluding carboxylic acids is 1. The van der Waals surface area contributed by atoms with E-state index in [9.17, 15) is 4.79 Å². The van der Waals surface area contributed by atoms with E-state index < -0.39 is 0 Å². The topological polar surface area (TPSA) is 53.4 Å². The number of aromatic nitrogens is 2. The van der Waals surface area contributed by atoms with Crippen molar-refractivity contribution in [3.63, 3.8) is 0 Å². The molecule has 2 aliphatic heterocycles. The standard InChI is InChI=1S/C19H25N5O/c1-22-10-12-23(13-11-22)19(25)21-16-7-3-2-6-15(16)17-14-24-9-5-4-8-18(24)20-17/h2-3,6-7,14H,4-5,8-13H2,1H3,(H,21,25). The first-order chi connectivity index (χ1) is 12.2. The van der Waals surface area contributed by atoms with Crippen LogP contribution in [-0.4, -0.2) is 58.6 Å². The number of nitrogens with zero attached hydrogens (tertiary/aromatic N) is 4. The molecule has 6 nitrogen and oxygen atoms in total. The molecule has 1 saturated heterocycles. The second-order valence-electron chi connectivity index (χ2n) is 6.96. The Labute approximate surface area is 148 Å². The first-order valence-corrected chi connectivity index (χ1v) is 9.10. The fraction of sp³-hybridized carbons (Fsp3) is 0.474. The number of para-hydroxylation sites is 1. The van der Waals surface area contributed by atoms with E-state index in [4.69, 9.17) is 4.98 Å². The number of benzene rings is 1. The third-order valence-electron chi connectivity index (χ3n) is 5.14. The van der Waals surface area contributed by atoms with Crippen LogP contribution in [0.15, 0.2) is 30.5 Å². The smallest absolute Gasteiger partial charge is 0.321 e. The molecular formula is C19H25N5O. The van der Waals surface area contributed by atoms with Crippen molar-refractivity contribution < 1.29 is 4.79 Å². The van der Waals surface area contributed by atoms with E-state index in [-0.39, 0.29) is 6.03 Å². The van der Waals surface area contributed by atoms with E-state index >= 15 is 0 Å². The van der Waals surface area contributed by atoms with Crippen LogP contribution in [0, 0.1) is 0 Å². The van der Waals surface area contributed by atoms with Crippen LogP contribution in [-0.2, 0) is 13.0 Å². The summed E-state index contributed by atoms with van der Waals surface area (Å²) in [6.07, 6.45) is 5.58. The van der Waals surface area contributed by atoms with Gasteiger partial charge in [-0.25, -0.2) is 9.78 Å². The minimum absolute atomic E-state index is 0.0236. The zero-order chi connectivity index (χ0) is 17.2. The maximum absolute atomic E-state index is 12.6. The van der Waals surface area contributed by atoms with Gasteiger partial charge in [-0.1, -0.05) is 18.2 Å². The highest BCUT2D eigenvalue weighted by atomic mass is 16.2. The summed E-state index contributed by atoms with van der Waals surface area (Å²) in [5.41, 5.74) is 2.78. The molecule has 1 fully saturated rings. The Morgan fingerprint density at radius 2 is 1.88 bits per heavy atom. The second kappa shape index (κ2) is 6.88. The second-order valence-corrected chi connectivity index (χ2v) is 6.96. The number of nitrogens with one attached hydrogen (secondary N) is 1. The lowest BCUT2D eigenvalue weighted by Crippen LogP contribution is -2.48. The van der Waals surface area contributed by atoms with E-state index in [0.29, 0.717) is 0 Å². The number of imidazole rings is 1. The zero-order valence-corrected chi connectivity index (χ0v) is 14.7. The maximum Gasteiger partial charge on any atom is 0.321 e. The quantitative estimate of drug-likeness (QED) is 0.915. The average Bonchev–Trinajstić information content (AvgIpc) is 3.06. The van der Waals surface area contributed by atoms with E-state index in [0.717, 1.165) is 61.9 Å². The molecule has 6 heteroatoms. The molecule has 0 aliphatic carbocycles. The zero-order valence-electron chi connectivity index (χ0n) is 14.7. The SMILES string of the molecule is CN1CCN(C(=O)Nc2ccccc2-c2cn3c(n2)CCCC3)CC1. The van der Waals surface area contributed by atoms with Gasteiger partial charge in [-0.3, -0.25) is 0 Å². The Kier molecular flexibility index (Phi) is 4.44. The summed E-state index contributed by atoms with van der Waals surface area (Å²) in [5, 5.41) is 3.09. The maximum atomic E-state index is 12.6. The van der Waals surface area contributed by atoms with E-state index in [1.165, 1.54) is 12.8 Å². The summed E-state index contributed by atoms with van der Waals surface area (Å²) in [7, 11) is 2.09. The molecule has 0 saturated carbocycles. The molecule has 2 aromatic rings. The normalized spacial score (nSPS) is 18.0. The van der Waals surface area contributed by atoms with Crippen LogP contribution in [0.1, 0.15) is 18.7 Å². The third-order valence-corrected chi connectivity index (χ3v) is 5.14. The lowest BCUT2D eigenvalue weighted by molar-refractivity contribution is 0.164. The number of anilines is 1. The van der Waals surface area contributed by atoms with Crippen molar-refractivity contribution in [1.29, 1.82) is 0 Å². The molecule has 1 N–H and O–H groups in total. The Morgan fingerprint density at radius 1 is 1.08 bits per heavy atom. The van der Waals surface area contributed by atoms with E-state index in [2.05, 4.69) is 28.0 Å². The summed E-state index contributed by atoms with van der Waals surface area (Å²) in [6, 6.07) is 7.93. The van der Waals surface area contributed by atoms with E-state index in [1.54, 1.807) is 0 Å². The van der Waals surface area contributed by atoms with Gasteiger partial charge in [0.15, 0.2) is 0 Å². The first-order valence-electron chi connectivity index (χ1n) is 9.10. The third kappa shape index (κ3) is 3.39. The molecule has 1 aromatic carbocycles. The number of urea groups is 1. The van der Waals surface area contributed by atoms with Gasteiger partial charge in [0, 0.05) is 50.9 Å². The molecule has 25 heavy (non-hydrogen) atoms. The lowest BCUT2D eigenvalue weighted by atomic mass is 10.1. The molecule has 4 rings (SSSR count). The minimum atomic E-state index is -0.0236. The van der Waals surface area contributed by atoms with Crippen molar-refractivity contribution in [2.75, 3.05) is 38.5 Å². The first kappa shape index (κ1) is 16.1. The highest BCUT2D eigenvalue weighted by Gasteiger charge is 2.21. The number of hydrogen-bond donors (Lipinski definition) is 1. The molecule has 0 atom stereocenters. The molecule has 0 unspecified atom stereocenters. The number of likely N-dealkylation sites (N-methyl/N-ethyl adjacent to an activating group) is 1. The molecule has 3 heterocycles. The van der Waals surface area contributed by atoms with Gasteiger partial charge in [0.05, 0.1) is 11.4 Å². The number of piperazine rings is 1. The summed E-state index contributed by atoms with van der Waals surface area (Å²) < 4.78 is 2.25. The van der Waals surface area contributed by atoms with Crippen LogP contribution in [0.2, 0.25) is 0 Å². The summed E-state index contributed by atoms with van der Waals surface area (Å²) in [4.78, 5) is 21.6. The van der Waals surface area contributed by atoms with Gasteiger partial charge in [-0.15, -0.1) is 0 Å². The monoisotopic (exact) mass is 339 g/mol. The number of aryl methyl sites for hydroxylation is 2. The van der Waals surface area contributed by atoms with Crippen LogP contribution in [0.5, 0.6) is 0 Å².